The Balaban J connectivity index is 1.58. The van der Waals surface area contributed by atoms with Crippen molar-refractivity contribution >= 4 is 17.6 Å². The molecular weight excluding hydrogens is 370 g/mol. The first-order chi connectivity index (χ1) is 13.3. The van der Waals surface area contributed by atoms with E-state index < -0.39 is 30.1 Å². The number of amides is 1. The molecule has 0 atom stereocenters. The number of ether oxygens (including phenoxy) is 1. The average molecular weight is 386 g/mol. The third kappa shape index (κ3) is 4.37. The average Bonchev–Trinajstić information content (AvgIpc) is 3.00. The molecule has 3 aromatic rings. The van der Waals surface area contributed by atoms with Crippen LogP contribution in [0.25, 0.3) is 5.82 Å². The topological polar surface area (TPSA) is 86.1 Å². The van der Waals surface area contributed by atoms with Crippen LogP contribution in [0, 0.1) is 25.5 Å². The minimum atomic E-state index is -0.927. The van der Waals surface area contributed by atoms with Gasteiger partial charge in [-0.25, -0.2) is 23.2 Å². The van der Waals surface area contributed by atoms with Crippen molar-refractivity contribution in [2.45, 2.75) is 13.8 Å². The third-order valence-corrected chi connectivity index (χ3v) is 3.75. The molecule has 2 heterocycles. The first kappa shape index (κ1) is 19.2. The molecule has 0 saturated heterocycles. The SMILES string of the molecule is Cc1cc(C)n(-c2ccc(C(=O)OCC(=O)Nc3ccc(F)cc3F)cn2)n1. The van der Waals surface area contributed by atoms with Crippen LogP contribution in [0.1, 0.15) is 21.7 Å². The van der Waals surface area contributed by atoms with Crippen molar-refractivity contribution in [3.63, 3.8) is 0 Å². The molecule has 0 aliphatic rings. The van der Waals surface area contributed by atoms with Crippen molar-refractivity contribution in [3.8, 4) is 5.82 Å². The van der Waals surface area contributed by atoms with Crippen molar-refractivity contribution in [1.29, 1.82) is 0 Å². The van der Waals surface area contributed by atoms with Crippen molar-refractivity contribution in [2.75, 3.05) is 11.9 Å². The van der Waals surface area contributed by atoms with Gasteiger partial charge in [-0.15, -0.1) is 0 Å². The highest BCUT2D eigenvalue weighted by Crippen LogP contribution is 2.15. The van der Waals surface area contributed by atoms with Crippen molar-refractivity contribution in [2.24, 2.45) is 0 Å². The predicted octanol–water partition coefficient (Wildman–Crippen LogP) is 2.96. The van der Waals surface area contributed by atoms with Gasteiger partial charge in [0.05, 0.1) is 16.9 Å². The minimum Gasteiger partial charge on any atom is -0.452 e. The lowest BCUT2D eigenvalue weighted by Gasteiger charge is -2.08. The Hall–Kier alpha value is -3.62. The van der Waals surface area contributed by atoms with Gasteiger partial charge in [0, 0.05) is 18.0 Å². The van der Waals surface area contributed by atoms with E-state index in [4.69, 9.17) is 4.74 Å². The molecule has 1 N–H and O–H groups in total. The lowest BCUT2D eigenvalue weighted by Crippen LogP contribution is -2.21. The normalized spacial score (nSPS) is 10.6. The van der Waals surface area contributed by atoms with Gasteiger partial charge in [0.25, 0.3) is 5.91 Å². The number of carbonyl (C=O) groups is 2. The number of halogens is 2. The van der Waals surface area contributed by atoms with E-state index in [1.54, 1.807) is 10.7 Å². The molecule has 28 heavy (non-hydrogen) atoms. The molecule has 0 saturated carbocycles. The first-order valence-electron chi connectivity index (χ1n) is 8.25. The van der Waals surface area contributed by atoms with E-state index >= 15 is 0 Å². The van der Waals surface area contributed by atoms with Gasteiger partial charge in [0.1, 0.15) is 11.6 Å². The second-order valence-corrected chi connectivity index (χ2v) is 5.99. The highest BCUT2D eigenvalue weighted by Gasteiger charge is 2.13. The quantitative estimate of drug-likeness (QED) is 0.682. The molecule has 0 bridgehead atoms. The van der Waals surface area contributed by atoms with Crippen LogP contribution in [0.15, 0.2) is 42.6 Å². The summed E-state index contributed by atoms with van der Waals surface area (Å²) in [5.74, 6) is -2.68. The summed E-state index contributed by atoms with van der Waals surface area (Å²) in [6.07, 6.45) is 1.31. The highest BCUT2D eigenvalue weighted by molar-refractivity contribution is 5.95. The van der Waals surface area contributed by atoms with Gasteiger partial charge < -0.3 is 10.1 Å². The van der Waals surface area contributed by atoms with Gasteiger partial charge in [-0.3, -0.25) is 4.79 Å². The number of pyridine rings is 1. The van der Waals surface area contributed by atoms with Crippen LogP contribution < -0.4 is 5.32 Å². The molecule has 0 radical (unpaired) electrons. The molecule has 0 aliphatic heterocycles. The molecule has 2 aromatic heterocycles. The molecule has 3 rings (SSSR count). The Morgan fingerprint density at radius 2 is 1.93 bits per heavy atom. The smallest absolute Gasteiger partial charge is 0.340 e. The number of hydrogen-bond acceptors (Lipinski definition) is 5. The molecule has 0 unspecified atom stereocenters. The number of aromatic nitrogens is 3. The number of nitrogens with zero attached hydrogens (tertiary/aromatic N) is 3. The van der Waals surface area contributed by atoms with E-state index in [-0.39, 0.29) is 11.3 Å². The standard InChI is InChI=1S/C19H16F2N4O3/c1-11-7-12(2)25(24-11)17-6-3-13(9-22-17)19(27)28-10-18(26)23-16-5-4-14(20)8-15(16)21/h3-9H,10H2,1-2H3,(H,23,26). The molecule has 9 heteroatoms. The van der Waals surface area contributed by atoms with Gasteiger partial charge in [-0.2, -0.15) is 5.10 Å². The van der Waals surface area contributed by atoms with E-state index in [0.29, 0.717) is 11.9 Å². The van der Waals surface area contributed by atoms with Gasteiger partial charge in [0.15, 0.2) is 12.4 Å². The fourth-order valence-electron chi connectivity index (χ4n) is 2.48. The highest BCUT2D eigenvalue weighted by atomic mass is 19.1. The molecule has 0 fully saturated rings. The number of anilines is 1. The van der Waals surface area contributed by atoms with Crippen LogP contribution in [-0.4, -0.2) is 33.2 Å². The molecule has 1 aromatic carbocycles. The van der Waals surface area contributed by atoms with Gasteiger partial charge in [0.2, 0.25) is 0 Å². The van der Waals surface area contributed by atoms with Gasteiger partial charge >= 0.3 is 5.97 Å². The van der Waals surface area contributed by atoms with E-state index in [0.717, 1.165) is 23.5 Å². The summed E-state index contributed by atoms with van der Waals surface area (Å²) < 4.78 is 32.9. The zero-order chi connectivity index (χ0) is 20.3. The molecular formula is C19H16F2N4O3. The zero-order valence-corrected chi connectivity index (χ0v) is 15.1. The number of carbonyl (C=O) groups excluding carboxylic acids is 2. The second kappa shape index (κ2) is 7.95. The number of nitrogens with one attached hydrogen (secondary N) is 1. The van der Waals surface area contributed by atoms with E-state index in [1.165, 1.54) is 12.3 Å². The Bertz CT molecular complexity index is 1030. The van der Waals surface area contributed by atoms with Crippen LogP contribution in [0.2, 0.25) is 0 Å². The summed E-state index contributed by atoms with van der Waals surface area (Å²) in [6, 6.07) is 7.71. The molecule has 0 spiro atoms. The van der Waals surface area contributed by atoms with E-state index in [2.05, 4.69) is 15.4 Å². The molecule has 0 aliphatic carbocycles. The van der Waals surface area contributed by atoms with Crippen LogP contribution in [0.5, 0.6) is 0 Å². The van der Waals surface area contributed by atoms with Crippen LogP contribution in [-0.2, 0) is 9.53 Å². The lowest BCUT2D eigenvalue weighted by molar-refractivity contribution is -0.119. The summed E-state index contributed by atoms with van der Waals surface area (Å²) in [5.41, 5.74) is 1.67. The van der Waals surface area contributed by atoms with E-state index in [9.17, 15) is 18.4 Å². The summed E-state index contributed by atoms with van der Waals surface area (Å²) in [5, 5.41) is 6.50. The fourth-order valence-corrected chi connectivity index (χ4v) is 2.48. The fraction of sp³-hybridized carbons (Fsp3) is 0.158. The van der Waals surface area contributed by atoms with Crippen LogP contribution in [0.3, 0.4) is 0 Å². The Morgan fingerprint density at radius 3 is 2.54 bits per heavy atom. The molecule has 1 amide bonds. The Morgan fingerprint density at radius 1 is 1.14 bits per heavy atom. The molecule has 144 valence electrons. The maximum Gasteiger partial charge on any atom is 0.340 e. The summed E-state index contributed by atoms with van der Waals surface area (Å²) in [4.78, 5) is 28.0. The number of rotatable bonds is 5. The predicted molar refractivity (Wildman–Crippen MR) is 96.1 cm³/mol. The second-order valence-electron chi connectivity index (χ2n) is 5.99. The van der Waals surface area contributed by atoms with Gasteiger partial charge in [-0.05, 0) is 44.2 Å². The van der Waals surface area contributed by atoms with Crippen molar-refractivity contribution in [3.05, 3.63) is 71.2 Å². The number of aryl methyl sites for hydroxylation is 2. The maximum atomic E-state index is 13.5. The van der Waals surface area contributed by atoms with Crippen LogP contribution >= 0.6 is 0 Å². The maximum absolute atomic E-state index is 13.5. The summed E-state index contributed by atoms with van der Waals surface area (Å²) in [6.45, 7) is 3.11. The monoisotopic (exact) mass is 386 g/mol. The van der Waals surface area contributed by atoms with Gasteiger partial charge in [-0.1, -0.05) is 0 Å². The zero-order valence-electron chi connectivity index (χ0n) is 15.1. The first-order valence-corrected chi connectivity index (χ1v) is 8.25. The number of esters is 1. The Labute approximate surface area is 159 Å². The summed E-state index contributed by atoms with van der Waals surface area (Å²) >= 11 is 0. The largest absolute Gasteiger partial charge is 0.452 e. The van der Waals surface area contributed by atoms with Crippen molar-refractivity contribution < 1.29 is 23.1 Å². The molecule has 7 nitrogen and oxygen atoms in total. The minimum absolute atomic E-state index is 0.144. The van der Waals surface area contributed by atoms with Crippen molar-refractivity contribution in [1.82, 2.24) is 14.8 Å². The van der Waals surface area contributed by atoms with Crippen LogP contribution in [0.4, 0.5) is 14.5 Å². The number of benzene rings is 1. The number of hydrogen-bond donors (Lipinski definition) is 1. The lowest BCUT2D eigenvalue weighted by atomic mass is 10.3. The summed E-state index contributed by atoms with van der Waals surface area (Å²) in [7, 11) is 0. The van der Waals surface area contributed by atoms with E-state index in [1.807, 2.05) is 19.9 Å². The Kier molecular flexibility index (Phi) is 5.44. The third-order valence-electron chi connectivity index (χ3n) is 3.75.